The van der Waals surface area contributed by atoms with Crippen molar-refractivity contribution in [3.63, 3.8) is 0 Å². The van der Waals surface area contributed by atoms with Gasteiger partial charge < -0.3 is 11.1 Å². The number of halogens is 3. The number of urea groups is 1. The number of nitrogens with zero attached hydrogens (tertiary/aromatic N) is 2. The fourth-order valence-electron chi connectivity index (χ4n) is 3.29. The molecule has 3 aromatic carbocycles. The normalized spacial score (nSPS) is 10.7. The summed E-state index contributed by atoms with van der Waals surface area (Å²) in [5.74, 6) is -0.630. The Labute approximate surface area is 204 Å². The maximum absolute atomic E-state index is 14.4. The highest BCUT2D eigenvalue weighted by atomic mass is 35.5. The molecule has 0 unspecified atom stereocenters. The first-order chi connectivity index (χ1) is 16.3. The summed E-state index contributed by atoms with van der Waals surface area (Å²) < 4.78 is 15.9. The topological polar surface area (TPSA) is 102 Å². The number of rotatable bonds is 6. The van der Waals surface area contributed by atoms with Crippen molar-refractivity contribution < 1.29 is 14.0 Å². The number of anilines is 2. The third kappa shape index (κ3) is 5.19. The second kappa shape index (κ2) is 9.94. The van der Waals surface area contributed by atoms with E-state index in [0.29, 0.717) is 22.1 Å². The monoisotopic (exact) mass is 497 g/mol. The van der Waals surface area contributed by atoms with E-state index in [2.05, 4.69) is 15.7 Å². The summed E-state index contributed by atoms with van der Waals surface area (Å²) in [7, 11) is 0. The van der Waals surface area contributed by atoms with Gasteiger partial charge in [-0.2, -0.15) is 5.10 Å². The minimum Gasteiger partial charge on any atom is -0.369 e. The van der Waals surface area contributed by atoms with Gasteiger partial charge in [0.15, 0.2) is 0 Å². The summed E-state index contributed by atoms with van der Waals surface area (Å²) >= 11 is 12.2. The van der Waals surface area contributed by atoms with Gasteiger partial charge in [-0.15, -0.1) is 0 Å². The number of nitrogens with one attached hydrogen (secondary N) is 2. The molecule has 3 amide bonds. The van der Waals surface area contributed by atoms with Gasteiger partial charge in [-0.1, -0.05) is 53.5 Å². The van der Waals surface area contributed by atoms with Crippen molar-refractivity contribution in [2.45, 2.75) is 6.42 Å². The number of nitrogens with two attached hydrogens (primary N) is 1. The van der Waals surface area contributed by atoms with Crippen molar-refractivity contribution >= 4 is 46.6 Å². The number of aromatic nitrogens is 2. The number of primary amides is 1. The lowest BCUT2D eigenvalue weighted by Crippen LogP contribution is -2.21. The lowest BCUT2D eigenvalue weighted by Gasteiger charge is -2.11. The summed E-state index contributed by atoms with van der Waals surface area (Å²) in [5.41, 5.74) is 7.46. The van der Waals surface area contributed by atoms with Crippen molar-refractivity contribution in [2.24, 2.45) is 5.73 Å². The first-order valence-corrected chi connectivity index (χ1v) is 10.8. The maximum atomic E-state index is 14.4. The average Bonchev–Trinajstić information content (AvgIpc) is 3.20. The molecular formula is C24H18Cl2FN5O2. The highest BCUT2D eigenvalue weighted by molar-refractivity contribution is 6.44. The molecule has 0 saturated carbocycles. The van der Waals surface area contributed by atoms with E-state index in [4.69, 9.17) is 28.9 Å². The van der Waals surface area contributed by atoms with E-state index >= 15 is 0 Å². The van der Waals surface area contributed by atoms with Gasteiger partial charge >= 0.3 is 6.03 Å². The van der Waals surface area contributed by atoms with E-state index in [-0.39, 0.29) is 22.8 Å². The second-order valence-electron chi connectivity index (χ2n) is 7.30. The van der Waals surface area contributed by atoms with Crippen LogP contribution < -0.4 is 16.4 Å². The molecule has 1 aromatic heterocycles. The number of carbonyl (C=O) groups excluding carboxylic acids is 2. The smallest absolute Gasteiger partial charge is 0.324 e. The second-order valence-corrected chi connectivity index (χ2v) is 8.08. The number of hydrogen-bond acceptors (Lipinski definition) is 3. The molecule has 10 heteroatoms. The van der Waals surface area contributed by atoms with Crippen molar-refractivity contribution in [1.29, 1.82) is 0 Å². The van der Waals surface area contributed by atoms with Crippen LogP contribution in [0.3, 0.4) is 0 Å². The summed E-state index contributed by atoms with van der Waals surface area (Å²) in [6.07, 6.45) is 0.0910. The van der Waals surface area contributed by atoms with Crippen LogP contribution in [0, 0.1) is 5.82 Å². The summed E-state index contributed by atoms with van der Waals surface area (Å²) in [6.45, 7) is 0. The van der Waals surface area contributed by atoms with Gasteiger partial charge in [0.25, 0.3) is 0 Å². The predicted octanol–water partition coefficient (Wildman–Crippen LogP) is 5.66. The lowest BCUT2D eigenvalue weighted by atomic mass is 10.1. The Morgan fingerprint density at radius 3 is 2.41 bits per heavy atom. The molecule has 0 atom stereocenters. The Bertz CT molecular complexity index is 1370. The molecule has 0 bridgehead atoms. The van der Waals surface area contributed by atoms with E-state index in [0.717, 1.165) is 5.56 Å². The van der Waals surface area contributed by atoms with E-state index in [1.807, 2.05) is 0 Å². The van der Waals surface area contributed by atoms with Gasteiger partial charge in [0, 0.05) is 11.6 Å². The Kier molecular flexibility index (Phi) is 6.81. The molecule has 0 radical (unpaired) electrons. The van der Waals surface area contributed by atoms with Crippen LogP contribution in [0.1, 0.15) is 5.56 Å². The fourth-order valence-corrected chi connectivity index (χ4v) is 3.64. The van der Waals surface area contributed by atoms with Crippen LogP contribution in [-0.4, -0.2) is 21.7 Å². The maximum Gasteiger partial charge on any atom is 0.324 e. The molecule has 0 aliphatic carbocycles. The zero-order chi connectivity index (χ0) is 24.2. The molecule has 0 aliphatic heterocycles. The molecule has 4 rings (SSSR count). The van der Waals surface area contributed by atoms with Crippen molar-refractivity contribution in [3.05, 3.63) is 94.2 Å². The van der Waals surface area contributed by atoms with Crippen LogP contribution in [0.2, 0.25) is 10.0 Å². The Morgan fingerprint density at radius 2 is 1.71 bits per heavy atom. The zero-order valence-electron chi connectivity index (χ0n) is 17.6. The third-order valence-electron chi connectivity index (χ3n) is 4.86. The van der Waals surface area contributed by atoms with E-state index < -0.39 is 17.8 Å². The number of benzene rings is 3. The molecule has 34 heavy (non-hydrogen) atoms. The molecular weight excluding hydrogens is 480 g/mol. The van der Waals surface area contributed by atoms with Crippen LogP contribution in [0.5, 0.6) is 0 Å². The van der Waals surface area contributed by atoms with Gasteiger partial charge in [0.1, 0.15) is 11.6 Å². The Balaban J connectivity index is 1.68. The molecule has 0 saturated heterocycles. The lowest BCUT2D eigenvalue weighted by molar-refractivity contribution is -0.117. The number of hydrogen-bond donors (Lipinski definition) is 3. The highest BCUT2D eigenvalue weighted by Gasteiger charge is 2.17. The minimum absolute atomic E-state index is 0.0910. The standard InChI is InChI=1S/C24H18Cl2FN5O2/c25-17-5-3-7-19(23(17)26)29-24(34)30-22-13-20(16-4-1-2-6-18(16)27)31-32(22)15-10-8-14(9-11-15)12-21(28)33/h1-11,13H,12H2,(H2,28,33)(H2,29,30,34). The van der Waals surface area contributed by atoms with Crippen molar-refractivity contribution in [2.75, 3.05) is 10.6 Å². The SMILES string of the molecule is NC(=O)Cc1ccc(-n2nc(-c3ccccc3F)cc2NC(=O)Nc2cccc(Cl)c2Cl)cc1. The summed E-state index contributed by atoms with van der Waals surface area (Å²) in [6, 6.07) is 18.9. The molecule has 4 aromatic rings. The fraction of sp³-hybridized carbons (Fsp3) is 0.0417. The van der Waals surface area contributed by atoms with Gasteiger partial charge in [0.05, 0.1) is 33.5 Å². The van der Waals surface area contributed by atoms with Crippen LogP contribution in [0.15, 0.2) is 72.8 Å². The first-order valence-electron chi connectivity index (χ1n) is 10.1. The Hall–Kier alpha value is -3.88. The summed E-state index contributed by atoms with van der Waals surface area (Å²) in [5, 5.41) is 10.3. The molecule has 0 aliphatic rings. The van der Waals surface area contributed by atoms with E-state index in [9.17, 15) is 14.0 Å². The van der Waals surface area contributed by atoms with Crippen LogP contribution in [0.4, 0.5) is 20.7 Å². The zero-order valence-corrected chi connectivity index (χ0v) is 19.1. The van der Waals surface area contributed by atoms with E-state index in [1.165, 1.54) is 10.7 Å². The van der Waals surface area contributed by atoms with Gasteiger partial charge in [-0.25, -0.2) is 13.9 Å². The van der Waals surface area contributed by atoms with Gasteiger partial charge in [-0.05, 0) is 42.0 Å². The molecule has 1 heterocycles. The molecule has 0 spiro atoms. The highest BCUT2D eigenvalue weighted by Crippen LogP contribution is 2.30. The van der Waals surface area contributed by atoms with Crippen molar-refractivity contribution in [3.8, 4) is 16.9 Å². The average molecular weight is 498 g/mol. The molecule has 0 fully saturated rings. The first kappa shape index (κ1) is 23.3. The molecule has 4 N–H and O–H groups in total. The largest absolute Gasteiger partial charge is 0.369 e. The third-order valence-corrected chi connectivity index (χ3v) is 5.68. The van der Waals surface area contributed by atoms with Crippen molar-refractivity contribution in [1.82, 2.24) is 9.78 Å². The van der Waals surface area contributed by atoms with Gasteiger partial charge in [0.2, 0.25) is 5.91 Å². The summed E-state index contributed by atoms with van der Waals surface area (Å²) in [4.78, 5) is 23.9. The molecule has 172 valence electrons. The Morgan fingerprint density at radius 1 is 0.971 bits per heavy atom. The van der Waals surface area contributed by atoms with E-state index in [1.54, 1.807) is 66.7 Å². The van der Waals surface area contributed by atoms with Gasteiger partial charge in [-0.3, -0.25) is 10.1 Å². The molecule has 7 nitrogen and oxygen atoms in total. The minimum atomic E-state index is -0.601. The number of carbonyl (C=O) groups is 2. The van der Waals surface area contributed by atoms with Crippen LogP contribution in [-0.2, 0) is 11.2 Å². The number of amides is 3. The quantitative estimate of drug-likeness (QED) is 0.320. The van der Waals surface area contributed by atoms with Crippen LogP contribution in [0.25, 0.3) is 16.9 Å². The predicted molar refractivity (Wildman–Crippen MR) is 131 cm³/mol. The van der Waals surface area contributed by atoms with Crippen LogP contribution >= 0.6 is 23.2 Å².